The van der Waals surface area contributed by atoms with E-state index in [1.807, 2.05) is 0 Å². The molecule has 0 aliphatic heterocycles. The largest absolute Gasteiger partial charge is 0.387 e. The highest BCUT2D eigenvalue weighted by Gasteiger charge is 2.46. The van der Waals surface area contributed by atoms with E-state index in [2.05, 4.69) is 27.7 Å². The highest BCUT2D eigenvalue weighted by atomic mass is 16.4. The first-order valence-electron chi connectivity index (χ1n) is 8.94. The van der Waals surface area contributed by atoms with Crippen LogP contribution in [0.1, 0.15) is 105 Å². The lowest BCUT2D eigenvalue weighted by molar-refractivity contribution is -0.170. The summed E-state index contributed by atoms with van der Waals surface area (Å²) < 4.78 is 0. The zero-order chi connectivity index (χ0) is 15.5. The third-order valence-electron chi connectivity index (χ3n) is 4.64. The van der Waals surface area contributed by atoms with Crippen LogP contribution in [0.25, 0.3) is 0 Å². The van der Waals surface area contributed by atoms with Crippen molar-refractivity contribution in [2.75, 3.05) is 0 Å². The summed E-state index contributed by atoms with van der Waals surface area (Å²) in [5, 5.41) is 22.4. The van der Waals surface area contributed by atoms with Gasteiger partial charge in [-0.15, -0.1) is 0 Å². The fourth-order valence-corrected chi connectivity index (χ4v) is 3.06. The fourth-order valence-electron chi connectivity index (χ4n) is 3.06. The van der Waals surface area contributed by atoms with Gasteiger partial charge in [-0.05, 0) is 25.7 Å². The van der Waals surface area contributed by atoms with Gasteiger partial charge in [0.1, 0.15) is 0 Å². The first kappa shape index (κ1) is 19.9. The van der Waals surface area contributed by atoms with Gasteiger partial charge < -0.3 is 10.2 Å². The molecule has 0 spiro atoms. The van der Waals surface area contributed by atoms with Crippen molar-refractivity contribution < 1.29 is 10.2 Å². The molecule has 0 rings (SSSR count). The van der Waals surface area contributed by atoms with Gasteiger partial charge >= 0.3 is 0 Å². The lowest BCUT2D eigenvalue weighted by Gasteiger charge is -2.45. The molecule has 0 aromatic carbocycles. The summed E-state index contributed by atoms with van der Waals surface area (Å²) in [5.41, 5.74) is -1.77. The van der Waals surface area contributed by atoms with E-state index < -0.39 is 11.2 Å². The average molecular weight is 286 g/mol. The van der Waals surface area contributed by atoms with Crippen LogP contribution < -0.4 is 0 Å². The van der Waals surface area contributed by atoms with E-state index in [0.29, 0.717) is 0 Å². The summed E-state index contributed by atoms with van der Waals surface area (Å²) in [4.78, 5) is 0. The Labute approximate surface area is 127 Å². The molecule has 0 fully saturated rings. The summed E-state index contributed by atoms with van der Waals surface area (Å²) in [6.07, 6.45) is 11.3. The van der Waals surface area contributed by atoms with Gasteiger partial charge in [0.2, 0.25) is 0 Å². The third-order valence-corrected chi connectivity index (χ3v) is 4.64. The van der Waals surface area contributed by atoms with Crippen LogP contribution in [0.3, 0.4) is 0 Å². The highest BCUT2D eigenvalue weighted by Crippen LogP contribution is 2.39. The molecule has 2 N–H and O–H groups in total. The van der Waals surface area contributed by atoms with Gasteiger partial charge in [-0.25, -0.2) is 0 Å². The molecule has 0 aliphatic carbocycles. The van der Waals surface area contributed by atoms with Crippen LogP contribution in [-0.4, -0.2) is 21.4 Å². The van der Waals surface area contributed by atoms with Crippen LogP contribution in [0.2, 0.25) is 0 Å². The van der Waals surface area contributed by atoms with Gasteiger partial charge in [-0.3, -0.25) is 0 Å². The normalized spacial score (nSPS) is 12.9. The number of unbranched alkanes of at least 4 members (excludes halogenated alkanes) is 4. The quantitative estimate of drug-likeness (QED) is 0.488. The van der Waals surface area contributed by atoms with E-state index in [1.54, 1.807) is 0 Å². The molecule has 0 saturated heterocycles. The van der Waals surface area contributed by atoms with E-state index in [0.717, 1.165) is 77.0 Å². The number of hydrogen-bond donors (Lipinski definition) is 2. The molecule has 0 heterocycles. The standard InChI is InChI=1S/C18H38O2/c1-5-9-13-17(19,14-10-6-2)18(20,15-11-7-3)16-12-8-4/h19-20H,5-16H2,1-4H3. The Morgan fingerprint density at radius 3 is 0.850 bits per heavy atom. The Kier molecular flexibility index (Phi) is 10.6. The molecule has 0 aliphatic rings. The van der Waals surface area contributed by atoms with Crippen molar-refractivity contribution in [2.45, 2.75) is 116 Å². The van der Waals surface area contributed by atoms with Crippen molar-refractivity contribution in [3.05, 3.63) is 0 Å². The van der Waals surface area contributed by atoms with Gasteiger partial charge in [-0.2, -0.15) is 0 Å². The summed E-state index contributed by atoms with van der Waals surface area (Å²) in [6.45, 7) is 8.60. The SMILES string of the molecule is CCCCC(O)(CCCC)C(O)(CCCC)CCCC. The third kappa shape index (κ3) is 6.13. The topological polar surface area (TPSA) is 40.5 Å². The molecule has 0 unspecified atom stereocenters. The lowest BCUT2D eigenvalue weighted by atomic mass is 9.71. The van der Waals surface area contributed by atoms with Crippen molar-refractivity contribution in [1.82, 2.24) is 0 Å². The van der Waals surface area contributed by atoms with E-state index >= 15 is 0 Å². The van der Waals surface area contributed by atoms with Crippen LogP contribution in [0.15, 0.2) is 0 Å². The predicted molar refractivity (Wildman–Crippen MR) is 88.0 cm³/mol. The average Bonchev–Trinajstić information content (AvgIpc) is 2.46. The molecule has 122 valence electrons. The van der Waals surface area contributed by atoms with E-state index in [1.165, 1.54) is 0 Å². The summed E-state index contributed by atoms with van der Waals surface area (Å²) in [6, 6.07) is 0. The maximum Gasteiger partial charge on any atom is 0.0933 e. The van der Waals surface area contributed by atoms with Gasteiger partial charge in [0.15, 0.2) is 0 Å². The van der Waals surface area contributed by atoms with E-state index in [4.69, 9.17) is 0 Å². The minimum Gasteiger partial charge on any atom is -0.387 e. The predicted octanol–water partition coefficient (Wildman–Crippen LogP) is 5.21. The van der Waals surface area contributed by atoms with Crippen LogP contribution in [0.5, 0.6) is 0 Å². The molecule has 0 aromatic rings. The molecule has 2 nitrogen and oxygen atoms in total. The van der Waals surface area contributed by atoms with Crippen molar-refractivity contribution >= 4 is 0 Å². The van der Waals surface area contributed by atoms with Gasteiger partial charge in [0.05, 0.1) is 11.2 Å². The molecule has 0 atom stereocenters. The second-order valence-corrected chi connectivity index (χ2v) is 6.48. The molecular weight excluding hydrogens is 248 g/mol. The van der Waals surface area contributed by atoms with Crippen molar-refractivity contribution in [3.63, 3.8) is 0 Å². The smallest absolute Gasteiger partial charge is 0.0933 e. The Hall–Kier alpha value is -0.0800. The molecule has 0 aromatic heterocycles. The summed E-state index contributed by atoms with van der Waals surface area (Å²) in [7, 11) is 0. The Balaban J connectivity index is 5.02. The van der Waals surface area contributed by atoms with Crippen molar-refractivity contribution in [2.24, 2.45) is 0 Å². The van der Waals surface area contributed by atoms with Gasteiger partial charge in [0.25, 0.3) is 0 Å². The summed E-state index contributed by atoms with van der Waals surface area (Å²) >= 11 is 0. The molecular formula is C18H38O2. The first-order chi connectivity index (χ1) is 9.49. The van der Waals surface area contributed by atoms with Gasteiger partial charge in [0, 0.05) is 0 Å². The van der Waals surface area contributed by atoms with Crippen molar-refractivity contribution in [1.29, 1.82) is 0 Å². The van der Waals surface area contributed by atoms with Gasteiger partial charge in [-0.1, -0.05) is 79.1 Å². The first-order valence-corrected chi connectivity index (χ1v) is 8.94. The molecule has 0 radical (unpaired) electrons. The molecule has 0 saturated carbocycles. The number of rotatable bonds is 13. The van der Waals surface area contributed by atoms with Crippen LogP contribution >= 0.6 is 0 Å². The number of aliphatic hydroxyl groups is 2. The minimum atomic E-state index is -0.886. The summed E-state index contributed by atoms with van der Waals surface area (Å²) in [5.74, 6) is 0. The van der Waals surface area contributed by atoms with Crippen LogP contribution in [-0.2, 0) is 0 Å². The van der Waals surface area contributed by atoms with E-state index in [9.17, 15) is 10.2 Å². The second-order valence-electron chi connectivity index (χ2n) is 6.48. The highest BCUT2D eigenvalue weighted by molar-refractivity contribution is 4.99. The Morgan fingerprint density at radius 2 is 0.700 bits per heavy atom. The molecule has 20 heavy (non-hydrogen) atoms. The minimum absolute atomic E-state index is 0.743. The van der Waals surface area contributed by atoms with Crippen LogP contribution in [0, 0.1) is 0 Å². The molecule has 2 heteroatoms. The zero-order valence-electron chi connectivity index (χ0n) is 14.4. The van der Waals surface area contributed by atoms with Crippen molar-refractivity contribution in [3.8, 4) is 0 Å². The fraction of sp³-hybridized carbons (Fsp3) is 1.00. The molecule has 0 amide bonds. The van der Waals surface area contributed by atoms with Crippen LogP contribution in [0.4, 0.5) is 0 Å². The maximum atomic E-state index is 11.2. The Bertz CT molecular complexity index is 185. The second kappa shape index (κ2) is 10.6. The van der Waals surface area contributed by atoms with E-state index in [-0.39, 0.29) is 0 Å². The maximum absolute atomic E-state index is 11.2. The Morgan fingerprint density at radius 1 is 0.500 bits per heavy atom. The zero-order valence-corrected chi connectivity index (χ0v) is 14.4. The number of hydrogen-bond acceptors (Lipinski definition) is 2. The lowest BCUT2D eigenvalue weighted by Crippen LogP contribution is -2.54. The molecule has 0 bridgehead atoms. The monoisotopic (exact) mass is 286 g/mol.